The summed E-state index contributed by atoms with van der Waals surface area (Å²) in [5, 5.41) is 6.25. The first kappa shape index (κ1) is 27.4. The van der Waals surface area contributed by atoms with Crippen molar-refractivity contribution in [3.05, 3.63) is 83.1 Å². The van der Waals surface area contributed by atoms with E-state index in [0.29, 0.717) is 6.61 Å². The van der Waals surface area contributed by atoms with E-state index in [0.717, 1.165) is 40.4 Å². The predicted molar refractivity (Wildman–Crippen MR) is 151 cm³/mol. The third kappa shape index (κ3) is 5.88. The van der Waals surface area contributed by atoms with Gasteiger partial charge < -0.3 is 20.3 Å². The third-order valence-corrected chi connectivity index (χ3v) is 9.08. The number of ether oxygens (including phenoxy) is 1. The van der Waals surface area contributed by atoms with Crippen LogP contribution in [-0.2, 0) is 16.4 Å². The molecule has 0 atom stereocenters. The summed E-state index contributed by atoms with van der Waals surface area (Å²) in [7, 11) is 0.0662. The largest absolute Gasteiger partial charge is 0.494 e. The number of carbonyl (C=O) groups excluding carboxylic acids is 2. The predicted octanol–water partition coefficient (Wildman–Crippen LogP) is 3.86. The van der Waals surface area contributed by atoms with Gasteiger partial charge in [-0.1, -0.05) is 0 Å². The van der Waals surface area contributed by atoms with Crippen LogP contribution in [0, 0.1) is 0 Å². The number of aromatic nitrogens is 2. The van der Waals surface area contributed by atoms with E-state index in [-0.39, 0.29) is 33.2 Å². The van der Waals surface area contributed by atoms with Crippen molar-refractivity contribution in [1.29, 1.82) is 0 Å². The Bertz CT molecular complexity index is 1670. The first-order valence-corrected chi connectivity index (χ1v) is 14.8. The molecule has 3 heterocycles. The zero-order valence-corrected chi connectivity index (χ0v) is 23.5. The van der Waals surface area contributed by atoms with Gasteiger partial charge in [0.1, 0.15) is 15.7 Å². The molecule has 2 aromatic carbocycles. The fourth-order valence-electron chi connectivity index (χ4n) is 4.15. The fourth-order valence-corrected chi connectivity index (χ4v) is 6.54. The Balaban J connectivity index is 1.22. The lowest BCUT2D eigenvalue weighted by Crippen LogP contribution is -2.22. The molecule has 0 radical (unpaired) electrons. The second-order valence-electron chi connectivity index (χ2n) is 9.38. The number of sulfone groups is 1. The minimum absolute atomic E-state index is 0.000345. The Labute approximate surface area is 236 Å². The quantitative estimate of drug-likeness (QED) is 0.287. The monoisotopic (exact) mass is 577 g/mol. The number of carbonyl (C=O) groups is 2. The molecule has 40 heavy (non-hydrogen) atoms. The highest BCUT2D eigenvalue weighted by Crippen LogP contribution is 2.34. The van der Waals surface area contributed by atoms with Crippen LogP contribution in [0.4, 0.5) is 5.69 Å². The highest BCUT2D eigenvalue weighted by molar-refractivity contribution is 7.91. The number of nitrogens with zero attached hydrogens (tertiary/aromatic N) is 3. The zero-order valence-electron chi connectivity index (χ0n) is 21.9. The average Bonchev–Trinajstić information content (AvgIpc) is 3.40. The van der Waals surface area contributed by atoms with E-state index >= 15 is 0 Å². The van der Waals surface area contributed by atoms with Crippen molar-refractivity contribution in [1.82, 2.24) is 20.2 Å². The van der Waals surface area contributed by atoms with E-state index in [1.807, 2.05) is 38.4 Å². The van der Waals surface area contributed by atoms with Crippen molar-refractivity contribution >= 4 is 38.7 Å². The van der Waals surface area contributed by atoms with Gasteiger partial charge in [0.2, 0.25) is 9.84 Å². The molecule has 5 rings (SSSR count). The van der Waals surface area contributed by atoms with E-state index < -0.39 is 21.7 Å². The van der Waals surface area contributed by atoms with Gasteiger partial charge in [-0.25, -0.2) is 13.4 Å². The summed E-state index contributed by atoms with van der Waals surface area (Å²) in [5.74, 6) is -0.196. The molecule has 1 aliphatic heterocycles. The number of thiazole rings is 1. The fraction of sp³-hybridized carbons (Fsp3) is 0.214. The van der Waals surface area contributed by atoms with Crippen LogP contribution in [0.25, 0.3) is 10.6 Å². The van der Waals surface area contributed by atoms with E-state index in [1.54, 1.807) is 6.20 Å². The molecule has 0 aliphatic carbocycles. The zero-order chi connectivity index (χ0) is 28.3. The van der Waals surface area contributed by atoms with Gasteiger partial charge in [0.15, 0.2) is 0 Å². The molecule has 12 heteroatoms. The van der Waals surface area contributed by atoms with Gasteiger partial charge in [0.05, 0.1) is 29.3 Å². The van der Waals surface area contributed by atoms with E-state index in [4.69, 9.17) is 4.74 Å². The van der Waals surface area contributed by atoms with E-state index in [9.17, 15) is 18.0 Å². The number of pyridine rings is 1. The van der Waals surface area contributed by atoms with Crippen LogP contribution in [0.2, 0.25) is 0 Å². The topological polar surface area (TPSA) is 131 Å². The highest BCUT2D eigenvalue weighted by Gasteiger charge is 2.31. The Hall–Kier alpha value is -4.13. The summed E-state index contributed by atoms with van der Waals surface area (Å²) in [4.78, 5) is 36.6. The number of hydrogen-bond donors (Lipinski definition) is 2. The molecule has 0 fully saturated rings. The standard InChI is InChI=1S/C28H27N5O5S2/c1-33(2)12-3-13-38-20-7-4-18(5-8-20)28-31-16-21(39-28)15-30-26(34)19-6-9-24-23(14-19)32-27(35)22-10-11-29-17-25(22)40(24,36)37/h4-11,14,16-17H,3,12-13,15H2,1-2H3,(H,30,34)(H,32,35). The number of amides is 2. The van der Waals surface area contributed by atoms with Crippen LogP contribution in [0.3, 0.4) is 0 Å². The van der Waals surface area contributed by atoms with Crippen molar-refractivity contribution < 1.29 is 22.7 Å². The summed E-state index contributed by atoms with van der Waals surface area (Å²) in [5.41, 5.74) is 1.20. The van der Waals surface area contributed by atoms with E-state index in [2.05, 4.69) is 25.5 Å². The summed E-state index contributed by atoms with van der Waals surface area (Å²) < 4.78 is 32.0. The molecule has 0 unspecified atom stereocenters. The van der Waals surface area contributed by atoms with Crippen molar-refractivity contribution in [2.24, 2.45) is 0 Å². The van der Waals surface area contributed by atoms with Crippen molar-refractivity contribution in [3.63, 3.8) is 0 Å². The van der Waals surface area contributed by atoms with Gasteiger partial charge >= 0.3 is 0 Å². The van der Waals surface area contributed by atoms with Gasteiger partial charge in [0, 0.05) is 41.1 Å². The molecule has 4 aromatic rings. The molecule has 2 aromatic heterocycles. The SMILES string of the molecule is CN(C)CCCOc1ccc(-c2ncc(CNC(=O)c3ccc4c(c3)NC(=O)c3ccncc3S4(=O)=O)s2)cc1. The Morgan fingerprint density at radius 2 is 1.88 bits per heavy atom. The average molecular weight is 578 g/mol. The number of anilines is 1. The number of benzene rings is 2. The smallest absolute Gasteiger partial charge is 0.257 e. The highest BCUT2D eigenvalue weighted by atomic mass is 32.2. The Morgan fingerprint density at radius 1 is 1.07 bits per heavy atom. The maximum absolute atomic E-state index is 13.1. The Morgan fingerprint density at radius 3 is 2.65 bits per heavy atom. The lowest BCUT2D eigenvalue weighted by atomic mass is 10.1. The van der Waals surface area contributed by atoms with Crippen molar-refractivity contribution in [2.75, 3.05) is 32.6 Å². The van der Waals surface area contributed by atoms with Gasteiger partial charge in [-0.3, -0.25) is 14.6 Å². The van der Waals surface area contributed by atoms with Gasteiger partial charge in [-0.05, 0) is 69.0 Å². The van der Waals surface area contributed by atoms with Gasteiger partial charge in [-0.2, -0.15) is 0 Å². The third-order valence-electron chi connectivity index (χ3n) is 6.19. The summed E-state index contributed by atoms with van der Waals surface area (Å²) >= 11 is 1.46. The van der Waals surface area contributed by atoms with Crippen LogP contribution in [0.1, 0.15) is 32.0 Å². The molecular weight excluding hydrogens is 550 g/mol. The number of rotatable bonds is 9. The lowest BCUT2D eigenvalue weighted by Gasteiger charge is -2.10. The van der Waals surface area contributed by atoms with Gasteiger partial charge in [-0.15, -0.1) is 11.3 Å². The minimum atomic E-state index is -4.00. The number of fused-ring (bicyclic) bond motifs is 2. The molecule has 0 saturated carbocycles. The van der Waals surface area contributed by atoms with E-state index in [1.165, 1.54) is 41.8 Å². The van der Waals surface area contributed by atoms with Crippen LogP contribution in [0.5, 0.6) is 5.75 Å². The molecule has 1 aliphatic rings. The molecule has 0 spiro atoms. The second kappa shape index (κ2) is 11.5. The van der Waals surface area contributed by atoms with Crippen molar-refractivity contribution in [2.45, 2.75) is 22.8 Å². The van der Waals surface area contributed by atoms with Crippen LogP contribution in [-0.4, -0.2) is 62.3 Å². The molecule has 206 valence electrons. The molecule has 0 saturated heterocycles. The number of nitrogens with one attached hydrogen (secondary N) is 2. The van der Waals surface area contributed by atoms with Crippen LogP contribution < -0.4 is 15.4 Å². The Kier molecular flexibility index (Phi) is 7.92. The first-order valence-electron chi connectivity index (χ1n) is 12.5. The molecular formula is C28H27N5O5S2. The lowest BCUT2D eigenvalue weighted by molar-refractivity contribution is 0.0949. The first-order chi connectivity index (χ1) is 19.2. The molecule has 2 amide bonds. The summed E-state index contributed by atoms with van der Waals surface area (Å²) in [6, 6.07) is 13.2. The van der Waals surface area contributed by atoms with Crippen molar-refractivity contribution in [3.8, 4) is 16.3 Å². The molecule has 0 bridgehead atoms. The van der Waals surface area contributed by atoms with Gasteiger partial charge in [0.25, 0.3) is 11.8 Å². The minimum Gasteiger partial charge on any atom is -0.494 e. The maximum Gasteiger partial charge on any atom is 0.257 e. The summed E-state index contributed by atoms with van der Waals surface area (Å²) in [6.07, 6.45) is 5.16. The molecule has 10 nitrogen and oxygen atoms in total. The maximum atomic E-state index is 13.1. The molecule has 2 N–H and O–H groups in total. The second-order valence-corrected chi connectivity index (χ2v) is 12.4. The number of hydrogen-bond acceptors (Lipinski definition) is 9. The van der Waals surface area contributed by atoms with Crippen LogP contribution >= 0.6 is 11.3 Å². The summed E-state index contributed by atoms with van der Waals surface area (Å²) in [6.45, 7) is 1.85. The normalized spacial score (nSPS) is 13.6. The van der Waals surface area contributed by atoms with Crippen LogP contribution in [0.15, 0.2) is 76.9 Å².